The Morgan fingerprint density at radius 2 is 1.79 bits per heavy atom. The van der Waals surface area contributed by atoms with Gasteiger partial charge in [0.1, 0.15) is 5.75 Å². The van der Waals surface area contributed by atoms with Crippen LogP contribution in [0.3, 0.4) is 0 Å². The smallest absolute Gasteiger partial charge is 0.216 e. The maximum absolute atomic E-state index is 11.0. The molecule has 1 atom stereocenters. The summed E-state index contributed by atoms with van der Waals surface area (Å²) in [4.78, 5) is 18.3. The molecule has 1 aliphatic rings. The van der Waals surface area contributed by atoms with E-state index in [0.717, 1.165) is 31.3 Å². The van der Waals surface area contributed by atoms with E-state index in [2.05, 4.69) is 33.0 Å². The maximum Gasteiger partial charge on any atom is 0.216 e. The molecule has 1 amide bonds. The number of benzene rings is 1. The van der Waals surface area contributed by atoms with Gasteiger partial charge in [0.15, 0.2) is 5.96 Å². The second kappa shape index (κ2) is 13.6. The standard InChI is InChI=1S/C20H33N5O2.HI/c1-4-21-20(23-12-11-22-16(2)26)24-15-19(25-13-5-6-14-25)17-7-9-18(27-3)10-8-17;/h7-10,19H,4-6,11-15H2,1-3H3,(H,22,26)(H2,21,23,24);1H. The Kier molecular flexibility index (Phi) is 11.9. The number of guanidine groups is 1. The number of nitrogens with one attached hydrogen (secondary N) is 3. The Hall–Kier alpha value is -1.55. The third kappa shape index (κ3) is 8.22. The molecule has 158 valence electrons. The molecule has 0 aromatic heterocycles. The van der Waals surface area contributed by atoms with Crippen molar-refractivity contribution in [2.24, 2.45) is 4.99 Å². The third-order valence-corrected chi connectivity index (χ3v) is 4.64. The number of amides is 1. The van der Waals surface area contributed by atoms with Gasteiger partial charge in [-0.1, -0.05) is 12.1 Å². The van der Waals surface area contributed by atoms with Crippen molar-refractivity contribution in [3.8, 4) is 5.75 Å². The van der Waals surface area contributed by atoms with E-state index >= 15 is 0 Å². The number of likely N-dealkylation sites (tertiary alicyclic amines) is 1. The van der Waals surface area contributed by atoms with Crippen molar-refractivity contribution < 1.29 is 9.53 Å². The summed E-state index contributed by atoms with van der Waals surface area (Å²) in [6.07, 6.45) is 2.48. The molecule has 8 heteroatoms. The lowest BCUT2D eigenvalue weighted by Crippen LogP contribution is -2.41. The monoisotopic (exact) mass is 503 g/mol. The van der Waals surface area contributed by atoms with Crippen LogP contribution >= 0.6 is 24.0 Å². The van der Waals surface area contributed by atoms with E-state index < -0.39 is 0 Å². The molecule has 1 unspecified atom stereocenters. The fourth-order valence-electron chi connectivity index (χ4n) is 3.25. The van der Waals surface area contributed by atoms with Crippen LogP contribution in [0.15, 0.2) is 29.3 Å². The van der Waals surface area contributed by atoms with E-state index in [1.54, 1.807) is 7.11 Å². The molecule has 1 aromatic carbocycles. The summed E-state index contributed by atoms with van der Waals surface area (Å²) < 4.78 is 5.29. The minimum absolute atomic E-state index is 0. The van der Waals surface area contributed by atoms with Crippen LogP contribution in [0.1, 0.15) is 38.3 Å². The van der Waals surface area contributed by atoms with Gasteiger partial charge in [-0.25, -0.2) is 0 Å². The Labute approximate surface area is 185 Å². The summed E-state index contributed by atoms with van der Waals surface area (Å²) in [5.41, 5.74) is 1.26. The van der Waals surface area contributed by atoms with E-state index in [4.69, 9.17) is 9.73 Å². The number of carbonyl (C=O) groups excluding carboxylic acids is 1. The Balaban J connectivity index is 0.00000392. The van der Waals surface area contributed by atoms with Crippen LogP contribution in [0.4, 0.5) is 0 Å². The lowest BCUT2D eigenvalue weighted by molar-refractivity contribution is -0.118. The number of methoxy groups -OCH3 is 1. The molecule has 1 saturated heterocycles. The van der Waals surface area contributed by atoms with E-state index in [1.165, 1.54) is 25.3 Å². The SMILES string of the molecule is CCNC(=NCC(c1ccc(OC)cc1)N1CCCC1)NCCNC(C)=O.I. The highest BCUT2D eigenvalue weighted by molar-refractivity contribution is 14.0. The van der Waals surface area contributed by atoms with Crippen molar-refractivity contribution in [1.82, 2.24) is 20.9 Å². The van der Waals surface area contributed by atoms with Crippen LogP contribution in [0.25, 0.3) is 0 Å². The van der Waals surface area contributed by atoms with Crippen molar-refractivity contribution in [3.05, 3.63) is 29.8 Å². The predicted octanol–water partition coefficient (Wildman–Crippen LogP) is 2.14. The molecule has 1 aliphatic heterocycles. The molecule has 1 heterocycles. The maximum atomic E-state index is 11.0. The van der Waals surface area contributed by atoms with Crippen LogP contribution in [0, 0.1) is 0 Å². The zero-order valence-corrected chi connectivity index (χ0v) is 19.5. The van der Waals surface area contributed by atoms with Gasteiger partial charge < -0.3 is 20.7 Å². The molecular weight excluding hydrogens is 469 g/mol. The Morgan fingerprint density at radius 1 is 1.14 bits per heavy atom. The number of carbonyl (C=O) groups is 1. The van der Waals surface area contributed by atoms with Crippen molar-refractivity contribution in [2.45, 2.75) is 32.7 Å². The average Bonchev–Trinajstić information content (AvgIpc) is 3.20. The van der Waals surface area contributed by atoms with Crippen molar-refractivity contribution in [1.29, 1.82) is 0 Å². The van der Waals surface area contributed by atoms with Crippen LogP contribution in [0.2, 0.25) is 0 Å². The summed E-state index contributed by atoms with van der Waals surface area (Å²) in [7, 11) is 1.69. The molecule has 1 aromatic rings. The first-order valence-electron chi connectivity index (χ1n) is 9.78. The topological polar surface area (TPSA) is 78.0 Å². The summed E-state index contributed by atoms with van der Waals surface area (Å²) in [6, 6.07) is 8.55. The molecule has 7 nitrogen and oxygen atoms in total. The minimum atomic E-state index is -0.0210. The van der Waals surface area contributed by atoms with E-state index in [0.29, 0.717) is 19.6 Å². The zero-order valence-electron chi connectivity index (χ0n) is 17.2. The fraction of sp³-hybridized carbons (Fsp3) is 0.600. The van der Waals surface area contributed by atoms with Gasteiger partial charge in [0.05, 0.1) is 19.7 Å². The average molecular weight is 503 g/mol. The van der Waals surface area contributed by atoms with Crippen molar-refractivity contribution >= 4 is 35.8 Å². The zero-order chi connectivity index (χ0) is 19.5. The van der Waals surface area contributed by atoms with Crippen LogP contribution in [0.5, 0.6) is 5.75 Å². The number of halogens is 1. The highest BCUT2D eigenvalue weighted by Crippen LogP contribution is 2.27. The molecule has 2 rings (SSSR count). The molecule has 28 heavy (non-hydrogen) atoms. The summed E-state index contributed by atoms with van der Waals surface area (Å²) in [5, 5.41) is 9.34. The molecule has 3 N–H and O–H groups in total. The normalized spacial score (nSPS) is 15.5. The Bertz CT molecular complexity index is 603. The van der Waals surface area contributed by atoms with Crippen molar-refractivity contribution in [3.63, 3.8) is 0 Å². The first-order valence-corrected chi connectivity index (χ1v) is 9.78. The van der Waals surface area contributed by atoms with Gasteiger partial charge in [-0.15, -0.1) is 24.0 Å². The second-order valence-electron chi connectivity index (χ2n) is 6.66. The summed E-state index contributed by atoms with van der Waals surface area (Å²) in [6.45, 7) is 8.49. The minimum Gasteiger partial charge on any atom is -0.497 e. The van der Waals surface area contributed by atoms with E-state index in [9.17, 15) is 4.79 Å². The molecule has 0 aliphatic carbocycles. The predicted molar refractivity (Wildman–Crippen MR) is 125 cm³/mol. The van der Waals surface area contributed by atoms with Crippen LogP contribution < -0.4 is 20.7 Å². The van der Waals surface area contributed by atoms with Gasteiger partial charge >= 0.3 is 0 Å². The number of nitrogens with zero attached hydrogens (tertiary/aromatic N) is 2. The quantitative estimate of drug-likeness (QED) is 0.208. The molecule has 0 spiro atoms. The molecule has 0 saturated carbocycles. The number of ether oxygens (including phenoxy) is 1. The highest BCUT2D eigenvalue weighted by Gasteiger charge is 2.23. The summed E-state index contributed by atoms with van der Waals surface area (Å²) >= 11 is 0. The van der Waals surface area contributed by atoms with Crippen molar-refractivity contribution in [2.75, 3.05) is 46.4 Å². The van der Waals surface area contributed by atoms with Crippen LogP contribution in [-0.2, 0) is 4.79 Å². The van der Waals surface area contributed by atoms with Gasteiger partial charge in [-0.2, -0.15) is 0 Å². The fourth-order valence-corrected chi connectivity index (χ4v) is 3.25. The van der Waals surface area contributed by atoms with Crippen LogP contribution in [-0.4, -0.2) is 63.1 Å². The molecule has 0 bridgehead atoms. The van der Waals surface area contributed by atoms with Gasteiger partial charge in [0, 0.05) is 26.6 Å². The van der Waals surface area contributed by atoms with Gasteiger partial charge in [-0.05, 0) is 50.6 Å². The first kappa shape index (κ1) is 24.5. The molecule has 0 radical (unpaired) electrons. The lowest BCUT2D eigenvalue weighted by atomic mass is 10.1. The third-order valence-electron chi connectivity index (χ3n) is 4.64. The largest absolute Gasteiger partial charge is 0.497 e. The highest BCUT2D eigenvalue weighted by atomic mass is 127. The number of hydrogen-bond donors (Lipinski definition) is 3. The summed E-state index contributed by atoms with van der Waals surface area (Å²) in [5.74, 6) is 1.63. The molecule has 1 fully saturated rings. The molecular formula is C20H34IN5O2. The van der Waals surface area contributed by atoms with Gasteiger partial charge in [-0.3, -0.25) is 14.7 Å². The first-order chi connectivity index (χ1) is 13.1. The lowest BCUT2D eigenvalue weighted by Gasteiger charge is -2.27. The van der Waals surface area contributed by atoms with E-state index in [-0.39, 0.29) is 35.9 Å². The Morgan fingerprint density at radius 3 is 2.36 bits per heavy atom. The van der Waals surface area contributed by atoms with Gasteiger partial charge in [0.2, 0.25) is 5.91 Å². The van der Waals surface area contributed by atoms with Gasteiger partial charge in [0.25, 0.3) is 0 Å². The second-order valence-corrected chi connectivity index (χ2v) is 6.66. The number of rotatable bonds is 9. The number of hydrogen-bond acceptors (Lipinski definition) is 4. The van der Waals surface area contributed by atoms with E-state index in [1.807, 2.05) is 19.1 Å². The number of aliphatic imine (C=N–C) groups is 1.